The fourth-order valence-electron chi connectivity index (χ4n) is 2.51. The number of nitrogens with zero attached hydrogens (tertiary/aromatic N) is 3. The number of rotatable bonds is 7. The van der Waals surface area contributed by atoms with Crippen molar-refractivity contribution in [3.05, 3.63) is 58.0 Å². The number of ether oxygens (including phenoxy) is 1. The molecule has 25 heavy (non-hydrogen) atoms. The summed E-state index contributed by atoms with van der Waals surface area (Å²) in [5.74, 6) is -0.508. The summed E-state index contributed by atoms with van der Waals surface area (Å²) >= 11 is 16.7. The average molecular weight is 404 g/mol. The highest BCUT2D eigenvalue weighted by Crippen LogP contribution is 2.31. The second kappa shape index (κ2) is 9.35. The summed E-state index contributed by atoms with van der Waals surface area (Å²) in [7, 11) is 0. The molecule has 0 bridgehead atoms. The first-order valence-corrected chi connectivity index (χ1v) is 8.75. The molecule has 1 rings (SSSR count). The van der Waals surface area contributed by atoms with Crippen LogP contribution in [0.5, 0.6) is 0 Å². The standard InChI is InChI=1S/C17H21Cl3N4O/c1-12(10-16(2,3)13-7-5-4-6-8-13)9-14(23-24-22)11-25-15(21)17(18,19)20/h4-9,14,21H,10-11H2,1-3H3/b12-9+,21-15?. The Bertz CT molecular complexity index is 662. The number of halogens is 3. The molecule has 5 nitrogen and oxygen atoms in total. The van der Waals surface area contributed by atoms with Crippen LogP contribution < -0.4 is 0 Å². The van der Waals surface area contributed by atoms with Crippen LogP contribution in [0.2, 0.25) is 0 Å². The summed E-state index contributed by atoms with van der Waals surface area (Å²) in [6.45, 7) is 6.19. The highest BCUT2D eigenvalue weighted by Gasteiger charge is 2.29. The average Bonchev–Trinajstić information content (AvgIpc) is 2.51. The highest BCUT2D eigenvalue weighted by molar-refractivity contribution is 6.76. The minimum atomic E-state index is -1.94. The molecule has 8 heteroatoms. The van der Waals surface area contributed by atoms with E-state index < -0.39 is 15.7 Å². The van der Waals surface area contributed by atoms with Gasteiger partial charge in [-0.2, -0.15) is 0 Å². The molecule has 0 saturated carbocycles. The Morgan fingerprint density at radius 2 is 1.92 bits per heavy atom. The van der Waals surface area contributed by atoms with E-state index in [9.17, 15) is 0 Å². The van der Waals surface area contributed by atoms with Gasteiger partial charge < -0.3 is 4.74 Å². The van der Waals surface area contributed by atoms with Gasteiger partial charge in [-0.25, -0.2) is 0 Å². The fraction of sp³-hybridized carbons (Fsp3) is 0.471. The lowest BCUT2D eigenvalue weighted by Crippen LogP contribution is -2.25. The molecule has 1 unspecified atom stereocenters. The van der Waals surface area contributed by atoms with Gasteiger partial charge in [0.15, 0.2) is 0 Å². The van der Waals surface area contributed by atoms with E-state index in [-0.39, 0.29) is 12.0 Å². The number of hydrogen-bond donors (Lipinski definition) is 1. The van der Waals surface area contributed by atoms with Gasteiger partial charge in [0.25, 0.3) is 3.79 Å². The quantitative estimate of drug-likeness (QED) is 0.108. The molecule has 0 aliphatic rings. The summed E-state index contributed by atoms with van der Waals surface area (Å²) in [6.07, 6.45) is 2.59. The van der Waals surface area contributed by atoms with Gasteiger partial charge in [0, 0.05) is 4.91 Å². The molecule has 0 fully saturated rings. The van der Waals surface area contributed by atoms with Crippen LogP contribution in [0.25, 0.3) is 10.4 Å². The van der Waals surface area contributed by atoms with E-state index >= 15 is 0 Å². The Labute approximate surface area is 163 Å². The van der Waals surface area contributed by atoms with Crippen LogP contribution in [-0.2, 0) is 10.2 Å². The van der Waals surface area contributed by atoms with Gasteiger partial charge in [0.2, 0.25) is 5.90 Å². The van der Waals surface area contributed by atoms with Crippen molar-refractivity contribution in [2.75, 3.05) is 6.61 Å². The molecule has 0 aliphatic heterocycles. The van der Waals surface area contributed by atoms with E-state index in [0.717, 1.165) is 12.0 Å². The predicted octanol–water partition coefficient (Wildman–Crippen LogP) is 6.34. The predicted molar refractivity (Wildman–Crippen MR) is 105 cm³/mol. The molecule has 0 saturated heterocycles. The number of hydrogen-bond acceptors (Lipinski definition) is 3. The molecule has 0 spiro atoms. The largest absolute Gasteiger partial charge is 0.477 e. The minimum Gasteiger partial charge on any atom is -0.477 e. The fourth-order valence-corrected chi connectivity index (χ4v) is 2.67. The van der Waals surface area contributed by atoms with Crippen molar-refractivity contribution in [1.82, 2.24) is 0 Å². The molecule has 1 atom stereocenters. The molecule has 0 heterocycles. The van der Waals surface area contributed by atoms with Crippen LogP contribution in [0.1, 0.15) is 32.8 Å². The Hall–Kier alpha value is -1.39. The van der Waals surface area contributed by atoms with Crippen LogP contribution in [0.3, 0.4) is 0 Å². The van der Waals surface area contributed by atoms with E-state index in [1.54, 1.807) is 0 Å². The Morgan fingerprint density at radius 3 is 2.44 bits per heavy atom. The zero-order valence-electron chi connectivity index (χ0n) is 14.3. The molecule has 0 radical (unpaired) electrons. The van der Waals surface area contributed by atoms with E-state index in [1.165, 1.54) is 5.56 Å². The summed E-state index contributed by atoms with van der Waals surface area (Å²) in [5.41, 5.74) is 10.9. The Balaban J connectivity index is 2.81. The van der Waals surface area contributed by atoms with Crippen molar-refractivity contribution in [2.24, 2.45) is 5.11 Å². The monoisotopic (exact) mass is 402 g/mol. The van der Waals surface area contributed by atoms with Gasteiger partial charge in [-0.1, -0.05) is 95.7 Å². The summed E-state index contributed by atoms with van der Waals surface area (Å²) < 4.78 is 3.18. The first-order chi connectivity index (χ1) is 11.6. The van der Waals surface area contributed by atoms with Crippen molar-refractivity contribution in [2.45, 2.75) is 42.4 Å². The van der Waals surface area contributed by atoms with Crippen LogP contribution in [0.4, 0.5) is 0 Å². The first-order valence-electron chi connectivity index (χ1n) is 7.62. The van der Waals surface area contributed by atoms with Crippen molar-refractivity contribution in [1.29, 1.82) is 5.41 Å². The van der Waals surface area contributed by atoms with Gasteiger partial charge >= 0.3 is 0 Å². The normalized spacial score (nSPS) is 13.8. The number of azide groups is 1. The summed E-state index contributed by atoms with van der Waals surface area (Å²) in [6, 6.07) is 9.58. The summed E-state index contributed by atoms with van der Waals surface area (Å²) in [5, 5.41) is 11.2. The topological polar surface area (TPSA) is 81.8 Å². The van der Waals surface area contributed by atoms with Crippen molar-refractivity contribution < 1.29 is 4.74 Å². The number of alkyl halides is 3. The number of benzene rings is 1. The molecule has 1 N–H and O–H groups in total. The molecular formula is C17H21Cl3N4O. The maximum Gasteiger partial charge on any atom is 0.265 e. The van der Waals surface area contributed by atoms with Crippen LogP contribution in [0.15, 0.2) is 47.1 Å². The Kier molecular flexibility index (Phi) is 8.10. The molecule has 1 aromatic carbocycles. The molecule has 0 amide bonds. The maximum absolute atomic E-state index is 8.73. The second-order valence-electron chi connectivity index (χ2n) is 6.35. The SMILES string of the molecule is C/C(=C\C(COC(=N)C(Cl)(Cl)Cl)N=[N+]=[N-])CC(C)(C)c1ccccc1. The van der Waals surface area contributed by atoms with Gasteiger partial charge in [0.1, 0.15) is 6.61 Å². The summed E-state index contributed by atoms with van der Waals surface area (Å²) in [4.78, 5) is 2.81. The van der Waals surface area contributed by atoms with Gasteiger partial charge in [-0.15, -0.1) is 0 Å². The zero-order chi connectivity index (χ0) is 19.1. The maximum atomic E-state index is 8.73. The van der Waals surface area contributed by atoms with E-state index in [4.69, 9.17) is 50.5 Å². The third-order valence-electron chi connectivity index (χ3n) is 3.61. The first kappa shape index (κ1) is 21.7. The van der Waals surface area contributed by atoms with Gasteiger partial charge in [-0.3, -0.25) is 5.41 Å². The third-order valence-corrected chi connectivity index (χ3v) is 4.12. The highest BCUT2D eigenvalue weighted by atomic mass is 35.6. The van der Waals surface area contributed by atoms with Crippen molar-refractivity contribution in [3.63, 3.8) is 0 Å². The lowest BCUT2D eigenvalue weighted by molar-refractivity contribution is 0.285. The molecule has 1 aromatic rings. The number of nitrogens with one attached hydrogen (secondary N) is 1. The minimum absolute atomic E-state index is 0.0695. The van der Waals surface area contributed by atoms with Crippen LogP contribution >= 0.6 is 34.8 Å². The molecule has 136 valence electrons. The van der Waals surface area contributed by atoms with Crippen molar-refractivity contribution >= 4 is 40.7 Å². The van der Waals surface area contributed by atoms with Crippen molar-refractivity contribution in [3.8, 4) is 0 Å². The molecular weight excluding hydrogens is 383 g/mol. The lowest BCUT2D eigenvalue weighted by atomic mass is 9.79. The zero-order valence-corrected chi connectivity index (χ0v) is 16.6. The Morgan fingerprint density at radius 1 is 1.32 bits per heavy atom. The molecule has 0 aromatic heterocycles. The van der Waals surface area contributed by atoms with E-state index in [2.05, 4.69) is 36.0 Å². The van der Waals surface area contributed by atoms with Gasteiger partial charge in [0.05, 0.1) is 6.04 Å². The van der Waals surface area contributed by atoms with E-state index in [1.807, 2.05) is 31.2 Å². The second-order valence-corrected chi connectivity index (χ2v) is 8.63. The molecule has 0 aliphatic carbocycles. The third kappa shape index (κ3) is 7.57. The number of allylic oxidation sites excluding steroid dienone is 1. The van der Waals surface area contributed by atoms with Crippen LogP contribution in [0, 0.1) is 5.41 Å². The smallest absolute Gasteiger partial charge is 0.265 e. The lowest BCUT2D eigenvalue weighted by Gasteiger charge is -2.26. The van der Waals surface area contributed by atoms with Gasteiger partial charge in [-0.05, 0) is 29.9 Å². The van der Waals surface area contributed by atoms with Crippen LogP contribution in [-0.4, -0.2) is 22.3 Å². The van der Waals surface area contributed by atoms with E-state index in [0.29, 0.717) is 0 Å².